The van der Waals surface area contributed by atoms with Gasteiger partial charge in [0.05, 0.1) is 12.1 Å². The van der Waals surface area contributed by atoms with Crippen LogP contribution >= 0.6 is 11.3 Å². The zero-order valence-electron chi connectivity index (χ0n) is 7.10. The molecule has 4 N–H and O–H groups in total. The van der Waals surface area contributed by atoms with Gasteiger partial charge in [0.1, 0.15) is 4.88 Å². The van der Waals surface area contributed by atoms with E-state index in [0.29, 0.717) is 4.88 Å². The maximum Gasteiger partial charge on any atom is 0.345 e. The normalized spacial score (nSPS) is 15.3. The Balaban J connectivity index is 2.85. The number of carboxylic acid groups (broad SMARTS) is 1. The summed E-state index contributed by atoms with van der Waals surface area (Å²) < 4.78 is 0. The van der Waals surface area contributed by atoms with Gasteiger partial charge in [-0.15, -0.1) is 11.3 Å². The monoisotopic (exact) mass is 201 g/mol. The molecule has 5 heteroatoms. The highest BCUT2D eigenvalue weighted by molar-refractivity contribution is 7.14. The summed E-state index contributed by atoms with van der Waals surface area (Å²) in [5.41, 5.74) is 5.62. The number of rotatable bonds is 3. The van der Waals surface area contributed by atoms with Crippen LogP contribution in [0, 0.1) is 0 Å². The Morgan fingerprint density at radius 1 is 1.62 bits per heavy atom. The Morgan fingerprint density at radius 2 is 2.23 bits per heavy atom. The molecule has 0 saturated heterocycles. The summed E-state index contributed by atoms with van der Waals surface area (Å²) in [5.74, 6) is -0.964. The van der Waals surface area contributed by atoms with Crippen LogP contribution in [0.2, 0.25) is 0 Å². The van der Waals surface area contributed by atoms with Gasteiger partial charge in [-0.25, -0.2) is 4.79 Å². The van der Waals surface area contributed by atoms with Gasteiger partial charge in [-0.1, -0.05) is 0 Å². The molecule has 0 radical (unpaired) electrons. The molecule has 1 aromatic heterocycles. The molecule has 0 aliphatic rings. The molecule has 2 atom stereocenters. The molecular formula is C8H11NO3S. The van der Waals surface area contributed by atoms with Crippen molar-refractivity contribution >= 4 is 17.3 Å². The van der Waals surface area contributed by atoms with Crippen molar-refractivity contribution < 1.29 is 15.0 Å². The van der Waals surface area contributed by atoms with Crippen LogP contribution in [0.5, 0.6) is 0 Å². The molecule has 72 valence electrons. The molecule has 13 heavy (non-hydrogen) atoms. The SMILES string of the molecule is C[C@@H](O)[C@H](N)c1ccc(C(=O)O)s1. The standard InChI is InChI=1S/C8H11NO3S/c1-4(10)7(9)5-2-3-6(13-5)8(11)12/h2-4,7,10H,9H2,1H3,(H,11,12)/t4-,7+/m1/s1. The van der Waals surface area contributed by atoms with Gasteiger partial charge in [0, 0.05) is 4.88 Å². The van der Waals surface area contributed by atoms with E-state index < -0.39 is 18.1 Å². The number of aromatic carboxylic acids is 1. The van der Waals surface area contributed by atoms with Crippen LogP contribution < -0.4 is 5.73 Å². The van der Waals surface area contributed by atoms with Crippen molar-refractivity contribution in [3.05, 3.63) is 21.9 Å². The molecule has 1 rings (SSSR count). The molecule has 0 unspecified atom stereocenters. The molecule has 4 nitrogen and oxygen atoms in total. The molecule has 1 heterocycles. The fourth-order valence-electron chi connectivity index (χ4n) is 0.885. The maximum absolute atomic E-state index is 10.5. The second kappa shape index (κ2) is 3.87. The van der Waals surface area contributed by atoms with Gasteiger partial charge in [-0.2, -0.15) is 0 Å². The molecule has 0 bridgehead atoms. The zero-order chi connectivity index (χ0) is 10.0. The molecular weight excluding hydrogens is 190 g/mol. The number of thiophene rings is 1. The van der Waals surface area contributed by atoms with E-state index in [-0.39, 0.29) is 4.88 Å². The van der Waals surface area contributed by atoms with Gasteiger partial charge in [-0.05, 0) is 19.1 Å². The van der Waals surface area contributed by atoms with Crippen LogP contribution in [0.3, 0.4) is 0 Å². The largest absolute Gasteiger partial charge is 0.477 e. The Labute approximate surface area is 79.6 Å². The van der Waals surface area contributed by atoms with Crippen LogP contribution in [-0.4, -0.2) is 22.3 Å². The summed E-state index contributed by atoms with van der Waals surface area (Å²) in [7, 11) is 0. The topological polar surface area (TPSA) is 83.5 Å². The van der Waals surface area contributed by atoms with Crippen molar-refractivity contribution in [1.29, 1.82) is 0 Å². The van der Waals surface area contributed by atoms with E-state index in [0.717, 1.165) is 11.3 Å². The van der Waals surface area contributed by atoms with Crippen LogP contribution in [-0.2, 0) is 0 Å². The van der Waals surface area contributed by atoms with Gasteiger partial charge in [-0.3, -0.25) is 0 Å². The predicted octanol–water partition coefficient (Wildman–Crippen LogP) is 0.827. The smallest absolute Gasteiger partial charge is 0.345 e. The van der Waals surface area contributed by atoms with Crippen LogP contribution in [0.25, 0.3) is 0 Å². The maximum atomic E-state index is 10.5. The second-order valence-corrected chi connectivity index (χ2v) is 3.89. The summed E-state index contributed by atoms with van der Waals surface area (Å²) in [6.45, 7) is 1.57. The Bertz CT molecular complexity index is 308. The third-order valence-electron chi connectivity index (χ3n) is 1.69. The number of carbonyl (C=O) groups is 1. The summed E-state index contributed by atoms with van der Waals surface area (Å²) in [6, 6.07) is 2.62. The lowest BCUT2D eigenvalue weighted by Gasteiger charge is -2.11. The Morgan fingerprint density at radius 3 is 2.62 bits per heavy atom. The van der Waals surface area contributed by atoms with E-state index in [1.54, 1.807) is 13.0 Å². The highest BCUT2D eigenvalue weighted by atomic mass is 32.1. The second-order valence-electron chi connectivity index (χ2n) is 2.77. The molecule has 1 aromatic rings. The van der Waals surface area contributed by atoms with Gasteiger partial charge in [0.2, 0.25) is 0 Å². The molecule has 0 aromatic carbocycles. The summed E-state index contributed by atoms with van der Waals surface area (Å²) in [6.07, 6.45) is -0.666. The van der Waals surface area contributed by atoms with Crippen LogP contribution in [0.4, 0.5) is 0 Å². The summed E-state index contributed by atoms with van der Waals surface area (Å²) in [4.78, 5) is 11.4. The van der Waals surface area contributed by atoms with E-state index in [1.165, 1.54) is 6.07 Å². The molecule has 0 aliphatic heterocycles. The number of aliphatic hydroxyl groups is 1. The third-order valence-corrected chi connectivity index (χ3v) is 2.86. The van der Waals surface area contributed by atoms with Gasteiger partial charge >= 0.3 is 5.97 Å². The quantitative estimate of drug-likeness (QED) is 0.676. The highest BCUT2D eigenvalue weighted by Gasteiger charge is 2.16. The number of hydrogen-bond acceptors (Lipinski definition) is 4. The predicted molar refractivity (Wildman–Crippen MR) is 49.9 cm³/mol. The first kappa shape index (κ1) is 10.2. The lowest BCUT2D eigenvalue weighted by atomic mass is 10.1. The van der Waals surface area contributed by atoms with Gasteiger partial charge in [0.25, 0.3) is 0 Å². The first-order chi connectivity index (χ1) is 6.02. The molecule has 0 aliphatic carbocycles. The van der Waals surface area contributed by atoms with Crippen molar-refractivity contribution in [3.8, 4) is 0 Å². The van der Waals surface area contributed by atoms with Crippen molar-refractivity contribution in [3.63, 3.8) is 0 Å². The fourth-order valence-corrected chi connectivity index (χ4v) is 1.83. The Kier molecular flexibility index (Phi) is 3.02. The molecule has 0 fully saturated rings. The van der Waals surface area contributed by atoms with E-state index in [2.05, 4.69) is 0 Å². The molecule has 0 spiro atoms. The van der Waals surface area contributed by atoms with Crippen molar-refractivity contribution in [2.75, 3.05) is 0 Å². The molecule has 0 amide bonds. The number of aliphatic hydroxyl groups excluding tert-OH is 1. The van der Waals surface area contributed by atoms with Crippen molar-refractivity contribution in [2.45, 2.75) is 19.1 Å². The average molecular weight is 201 g/mol. The lowest BCUT2D eigenvalue weighted by molar-refractivity contribution is 0.0702. The van der Waals surface area contributed by atoms with E-state index >= 15 is 0 Å². The van der Waals surface area contributed by atoms with E-state index in [9.17, 15) is 4.79 Å². The minimum Gasteiger partial charge on any atom is -0.477 e. The van der Waals surface area contributed by atoms with Gasteiger partial charge in [0.15, 0.2) is 0 Å². The van der Waals surface area contributed by atoms with Crippen LogP contribution in [0.15, 0.2) is 12.1 Å². The summed E-state index contributed by atoms with van der Waals surface area (Å²) in [5, 5.41) is 17.8. The fraction of sp³-hybridized carbons (Fsp3) is 0.375. The first-order valence-corrected chi connectivity index (χ1v) is 4.60. The minimum absolute atomic E-state index is 0.242. The number of carboxylic acids is 1. The Hall–Kier alpha value is -0.910. The number of nitrogens with two attached hydrogens (primary N) is 1. The van der Waals surface area contributed by atoms with Crippen molar-refractivity contribution in [1.82, 2.24) is 0 Å². The van der Waals surface area contributed by atoms with Gasteiger partial charge < -0.3 is 15.9 Å². The highest BCUT2D eigenvalue weighted by Crippen LogP contribution is 2.23. The third kappa shape index (κ3) is 2.27. The summed E-state index contributed by atoms with van der Waals surface area (Å²) >= 11 is 1.09. The first-order valence-electron chi connectivity index (χ1n) is 3.79. The van der Waals surface area contributed by atoms with Crippen LogP contribution in [0.1, 0.15) is 27.5 Å². The average Bonchev–Trinajstić information content (AvgIpc) is 2.50. The van der Waals surface area contributed by atoms with E-state index in [4.69, 9.17) is 15.9 Å². The number of hydrogen-bond donors (Lipinski definition) is 3. The minimum atomic E-state index is -0.964. The van der Waals surface area contributed by atoms with E-state index in [1.807, 2.05) is 0 Å². The zero-order valence-corrected chi connectivity index (χ0v) is 7.91. The van der Waals surface area contributed by atoms with Crippen molar-refractivity contribution in [2.24, 2.45) is 5.73 Å². The lowest BCUT2D eigenvalue weighted by Crippen LogP contribution is -2.21. The molecule has 0 saturated carbocycles.